The zero-order valence-corrected chi connectivity index (χ0v) is 6.49. The summed E-state index contributed by atoms with van der Waals surface area (Å²) in [5, 5.41) is 8.53. The van der Waals surface area contributed by atoms with Crippen molar-refractivity contribution >= 4 is 5.97 Å². The molecule has 0 aromatic heterocycles. The van der Waals surface area contributed by atoms with Gasteiger partial charge in [0.05, 0.1) is 5.92 Å². The van der Waals surface area contributed by atoms with Crippen LogP contribution in [0.25, 0.3) is 0 Å². The first-order valence-corrected chi connectivity index (χ1v) is 3.89. The predicted octanol–water partition coefficient (Wildman–Crippen LogP) is -0.648. The van der Waals surface area contributed by atoms with Crippen LogP contribution in [0.1, 0.15) is 6.42 Å². The van der Waals surface area contributed by atoms with Crippen LogP contribution < -0.4 is 5.73 Å². The Morgan fingerprint density at radius 1 is 1.64 bits per heavy atom. The fourth-order valence-corrected chi connectivity index (χ4v) is 1.22. The molecule has 1 heterocycles. The number of aliphatic carboxylic acids is 1. The lowest BCUT2D eigenvalue weighted by Gasteiger charge is -2.36. The van der Waals surface area contributed by atoms with Crippen LogP contribution in [0, 0.1) is 5.92 Å². The highest BCUT2D eigenvalue weighted by Gasteiger charge is 2.31. The highest BCUT2D eigenvalue weighted by atomic mass is 16.4. The van der Waals surface area contributed by atoms with Crippen LogP contribution in [0.2, 0.25) is 0 Å². The molecule has 0 amide bonds. The SMILES string of the molecule is NCCCN1CC(C(=O)O)C1. The molecule has 64 valence electrons. The van der Waals surface area contributed by atoms with Crippen molar-refractivity contribution < 1.29 is 9.90 Å². The molecular weight excluding hydrogens is 144 g/mol. The highest BCUT2D eigenvalue weighted by molar-refractivity contribution is 5.71. The number of nitrogens with zero attached hydrogens (tertiary/aromatic N) is 1. The molecule has 1 fully saturated rings. The summed E-state index contributed by atoms with van der Waals surface area (Å²) in [6.45, 7) is 3.04. The molecular formula is C7H14N2O2. The van der Waals surface area contributed by atoms with Gasteiger partial charge >= 0.3 is 5.97 Å². The molecule has 0 saturated carbocycles. The van der Waals surface area contributed by atoms with E-state index in [0.29, 0.717) is 19.6 Å². The van der Waals surface area contributed by atoms with Crippen LogP contribution in [-0.4, -0.2) is 42.2 Å². The number of likely N-dealkylation sites (tertiary alicyclic amines) is 1. The third kappa shape index (κ3) is 2.17. The van der Waals surface area contributed by atoms with Gasteiger partial charge in [-0.05, 0) is 19.5 Å². The number of hydrogen-bond donors (Lipinski definition) is 2. The van der Waals surface area contributed by atoms with E-state index in [1.54, 1.807) is 0 Å². The Hall–Kier alpha value is -0.610. The number of carboxylic acids is 1. The van der Waals surface area contributed by atoms with Crippen LogP contribution in [0.15, 0.2) is 0 Å². The van der Waals surface area contributed by atoms with Crippen LogP contribution >= 0.6 is 0 Å². The lowest BCUT2D eigenvalue weighted by atomic mass is 10.0. The van der Waals surface area contributed by atoms with Gasteiger partial charge in [0.1, 0.15) is 0 Å². The third-order valence-corrected chi connectivity index (χ3v) is 1.98. The fourth-order valence-electron chi connectivity index (χ4n) is 1.22. The second-order valence-electron chi connectivity index (χ2n) is 2.94. The molecule has 0 aliphatic carbocycles. The summed E-state index contributed by atoms with van der Waals surface area (Å²) in [5.74, 6) is -0.804. The van der Waals surface area contributed by atoms with E-state index in [-0.39, 0.29) is 5.92 Å². The van der Waals surface area contributed by atoms with Crippen molar-refractivity contribution in [1.82, 2.24) is 4.90 Å². The number of rotatable bonds is 4. The Morgan fingerprint density at radius 3 is 2.73 bits per heavy atom. The molecule has 0 radical (unpaired) electrons. The summed E-state index contributed by atoms with van der Waals surface area (Å²) in [7, 11) is 0. The summed E-state index contributed by atoms with van der Waals surface area (Å²) in [6.07, 6.45) is 0.965. The number of carboxylic acid groups (broad SMARTS) is 1. The lowest BCUT2D eigenvalue weighted by molar-refractivity contribution is -0.147. The molecule has 1 aliphatic heterocycles. The van der Waals surface area contributed by atoms with Gasteiger partial charge in [0.25, 0.3) is 0 Å². The first kappa shape index (κ1) is 8.49. The van der Waals surface area contributed by atoms with E-state index in [0.717, 1.165) is 13.0 Å². The van der Waals surface area contributed by atoms with Gasteiger partial charge in [-0.2, -0.15) is 0 Å². The van der Waals surface area contributed by atoms with Gasteiger partial charge in [-0.3, -0.25) is 4.79 Å². The van der Waals surface area contributed by atoms with Crippen molar-refractivity contribution in [3.05, 3.63) is 0 Å². The standard InChI is InChI=1S/C7H14N2O2/c8-2-1-3-9-4-6(5-9)7(10)11/h6H,1-5,8H2,(H,10,11). The Kier molecular flexibility index (Phi) is 2.84. The molecule has 0 unspecified atom stereocenters. The molecule has 0 aromatic rings. The molecule has 3 N–H and O–H groups in total. The zero-order chi connectivity index (χ0) is 8.27. The van der Waals surface area contributed by atoms with Gasteiger partial charge < -0.3 is 15.7 Å². The summed E-state index contributed by atoms with van der Waals surface area (Å²) in [4.78, 5) is 12.5. The maximum absolute atomic E-state index is 10.3. The topological polar surface area (TPSA) is 66.6 Å². The smallest absolute Gasteiger partial charge is 0.309 e. The molecule has 1 saturated heterocycles. The maximum atomic E-state index is 10.3. The predicted molar refractivity (Wildman–Crippen MR) is 41.2 cm³/mol. The Bertz CT molecular complexity index is 143. The average molecular weight is 158 g/mol. The third-order valence-electron chi connectivity index (χ3n) is 1.98. The van der Waals surface area contributed by atoms with E-state index < -0.39 is 5.97 Å². The lowest BCUT2D eigenvalue weighted by Crippen LogP contribution is -2.50. The largest absolute Gasteiger partial charge is 0.481 e. The monoisotopic (exact) mass is 158 g/mol. The first-order valence-electron chi connectivity index (χ1n) is 3.89. The second kappa shape index (κ2) is 3.69. The molecule has 4 nitrogen and oxygen atoms in total. The summed E-state index contributed by atoms with van der Waals surface area (Å²) in [5.41, 5.74) is 5.31. The number of nitrogens with two attached hydrogens (primary N) is 1. The van der Waals surface area contributed by atoms with Crippen LogP contribution in [-0.2, 0) is 4.79 Å². The van der Waals surface area contributed by atoms with E-state index in [9.17, 15) is 4.79 Å². The van der Waals surface area contributed by atoms with Crippen LogP contribution in [0.3, 0.4) is 0 Å². The molecule has 0 aromatic carbocycles. The molecule has 0 atom stereocenters. The molecule has 4 heteroatoms. The van der Waals surface area contributed by atoms with Crippen molar-refractivity contribution in [3.8, 4) is 0 Å². The Balaban J connectivity index is 2.05. The van der Waals surface area contributed by atoms with Crippen molar-refractivity contribution in [3.63, 3.8) is 0 Å². The van der Waals surface area contributed by atoms with E-state index in [1.165, 1.54) is 0 Å². The number of carbonyl (C=O) groups is 1. The zero-order valence-electron chi connectivity index (χ0n) is 6.49. The van der Waals surface area contributed by atoms with Crippen molar-refractivity contribution in [2.24, 2.45) is 11.7 Å². The minimum atomic E-state index is -0.672. The van der Waals surface area contributed by atoms with E-state index in [1.807, 2.05) is 0 Å². The highest BCUT2D eigenvalue weighted by Crippen LogP contribution is 2.14. The quantitative estimate of drug-likeness (QED) is 0.570. The number of hydrogen-bond acceptors (Lipinski definition) is 3. The Labute approximate surface area is 66.0 Å². The second-order valence-corrected chi connectivity index (χ2v) is 2.94. The minimum absolute atomic E-state index is 0.132. The molecule has 1 rings (SSSR count). The minimum Gasteiger partial charge on any atom is -0.481 e. The fraction of sp³-hybridized carbons (Fsp3) is 0.857. The Morgan fingerprint density at radius 2 is 2.27 bits per heavy atom. The van der Waals surface area contributed by atoms with E-state index in [4.69, 9.17) is 10.8 Å². The molecule has 0 spiro atoms. The van der Waals surface area contributed by atoms with Gasteiger partial charge in [0.2, 0.25) is 0 Å². The first-order chi connectivity index (χ1) is 5.24. The van der Waals surface area contributed by atoms with Crippen molar-refractivity contribution in [2.45, 2.75) is 6.42 Å². The van der Waals surface area contributed by atoms with Gasteiger partial charge in [-0.25, -0.2) is 0 Å². The molecule has 1 aliphatic rings. The van der Waals surface area contributed by atoms with Crippen LogP contribution in [0.4, 0.5) is 0 Å². The van der Waals surface area contributed by atoms with Crippen molar-refractivity contribution in [2.75, 3.05) is 26.2 Å². The average Bonchev–Trinajstić information content (AvgIpc) is 1.84. The molecule has 0 bridgehead atoms. The van der Waals surface area contributed by atoms with E-state index in [2.05, 4.69) is 4.90 Å². The summed E-state index contributed by atoms with van der Waals surface area (Å²) in [6, 6.07) is 0. The molecule has 11 heavy (non-hydrogen) atoms. The van der Waals surface area contributed by atoms with Gasteiger partial charge in [-0.1, -0.05) is 0 Å². The van der Waals surface area contributed by atoms with Gasteiger partial charge in [-0.15, -0.1) is 0 Å². The van der Waals surface area contributed by atoms with Gasteiger partial charge in [0.15, 0.2) is 0 Å². The normalized spacial score (nSPS) is 19.7. The summed E-state index contributed by atoms with van der Waals surface area (Å²) < 4.78 is 0. The van der Waals surface area contributed by atoms with Gasteiger partial charge in [0, 0.05) is 13.1 Å². The van der Waals surface area contributed by atoms with Crippen molar-refractivity contribution in [1.29, 1.82) is 0 Å². The summed E-state index contributed by atoms with van der Waals surface area (Å²) >= 11 is 0. The van der Waals surface area contributed by atoms with Crippen LogP contribution in [0.5, 0.6) is 0 Å². The van der Waals surface area contributed by atoms with E-state index >= 15 is 0 Å². The maximum Gasteiger partial charge on any atom is 0.309 e.